The second-order valence-corrected chi connectivity index (χ2v) is 4.22. The summed E-state index contributed by atoms with van der Waals surface area (Å²) >= 11 is 0. The molecule has 1 atom stereocenters. The van der Waals surface area contributed by atoms with Gasteiger partial charge in [-0.15, -0.1) is 0 Å². The molecular formula is C13H20F2N+. The summed E-state index contributed by atoms with van der Waals surface area (Å²) in [5.41, 5.74) is 0.427. The second-order valence-electron chi connectivity index (χ2n) is 4.22. The average Bonchev–Trinajstić information content (AvgIpc) is 2.27. The summed E-state index contributed by atoms with van der Waals surface area (Å²) < 4.78 is 26.4. The highest BCUT2D eigenvalue weighted by molar-refractivity contribution is 5.31. The van der Waals surface area contributed by atoms with E-state index >= 15 is 0 Å². The van der Waals surface area contributed by atoms with Gasteiger partial charge in [-0.1, -0.05) is 19.8 Å². The van der Waals surface area contributed by atoms with E-state index in [1.54, 1.807) is 0 Å². The fourth-order valence-corrected chi connectivity index (χ4v) is 1.78. The molecule has 0 bridgehead atoms. The van der Waals surface area contributed by atoms with Crippen molar-refractivity contribution in [2.24, 2.45) is 0 Å². The summed E-state index contributed by atoms with van der Waals surface area (Å²) in [6.07, 6.45) is 4.60. The van der Waals surface area contributed by atoms with Crippen LogP contribution in [-0.4, -0.2) is 13.6 Å². The zero-order valence-electron chi connectivity index (χ0n) is 10.0. The van der Waals surface area contributed by atoms with Gasteiger partial charge in [0.2, 0.25) is 0 Å². The summed E-state index contributed by atoms with van der Waals surface area (Å²) in [5, 5.41) is 0. The topological polar surface area (TPSA) is 4.44 Å². The van der Waals surface area contributed by atoms with Crippen molar-refractivity contribution in [3.8, 4) is 0 Å². The quantitative estimate of drug-likeness (QED) is 0.714. The molecule has 0 heterocycles. The first-order valence-electron chi connectivity index (χ1n) is 5.93. The largest absolute Gasteiger partial charge is 0.302 e. The predicted octanol–water partition coefficient (Wildman–Crippen LogP) is 2.69. The molecule has 90 valence electrons. The molecule has 3 heteroatoms. The number of unbranched alkanes of at least 4 members (excludes halogenated alkanes) is 3. The third-order valence-corrected chi connectivity index (χ3v) is 2.79. The van der Waals surface area contributed by atoms with Gasteiger partial charge in [0.1, 0.15) is 5.82 Å². The number of quaternary nitrogens is 1. The third-order valence-electron chi connectivity index (χ3n) is 2.79. The first kappa shape index (κ1) is 13.1. The number of hydrogen-bond acceptors (Lipinski definition) is 0. The molecule has 0 saturated heterocycles. The highest BCUT2D eigenvalue weighted by Crippen LogP contribution is 2.10. The molecule has 0 saturated carbocycles. The molecule has 1 aromatic carbocycles. The normalized spacial score (nSPS) is 12.8. The van der Waals surface area contributed by atoms with Gasteiger partial charge in [-0.2, -0.15) is 0 Å². The summed E-state index contributed by atoms with van der Waals surface area (Å²) in [6.45, 7) is 3.00. The van der Waals surface area contributed by atoms with E-state index < -0.39 is 0 Å². The minimum Gasteiger partial charge on any atom is -0.302 e. The van der Waals surface area contributed by atoms with Crippen LogP contribution in [0.5, 0.6) is 0 Å². The molecule has 0 spiro atoms. The van der Waals surface area contributed by atoms with Gasteiger partial charge in [0.25, 0.3) is 0 Å². The van der Waals surface area contributed by atoms with Crippen LogP contribution in [0.25, 0.3) is 0 Å². The molecule has 0 radical (unpaired) electrons. The lowest BCUT2D eigenvalue weighted by molar-refractivity contribution is -0.811. The van der Waals surface area contributed by atoms with Crippen molar-refractivity contribution in [3.05, 3.63) is 29.8 Å². The molecule has 0 fully saturated rings. The van der Waals surface area contributed by atoms with E-state index in [-0.39, 0.29) is 11.6 Å². The van der Waals surface area contributed by atoms with Gasteiger partial charge < -0.3 is 4.90 Å². The molecule has 1 nitrogen and oxygen atoms in total. The van der Waals surface area contributed by atoms with Crippen molar-refractivity contribution in [2.75, 3.05) is 13.6 Å². The van der Waals surface area contributed by atoms with Crippen molar-refractivity contribution in [3.63, 3.8) is 0 Å². The summed E-state index contributed by atoms with van der Waals surface area (Å²) in [6, 6.07) is 3.63. The van der Waals surface area contributed by atoms with Crippen LogP contribution in [0.3, 0.4) is 0 Å². The fraction of sp³-hybridized carbons (Fsp3) is 0.538. The van der Waals surface area contributed by atoms with Crippen LogP contribution in [-0.2, 0) is 0 Å². The minimum absolute atomic E-state index is 0.325. The van der Waals surface area contributed by atoms with E-state index in [9.17, 15) is 8.78 Å². The standard InChI is InChI=1S/C13H19F2N/c1-3-4-5-6-9-16(2)13-10-11(14)7-8-12(13)15/h7-8,10H,3-6,9H2,1-2H3/p+1. The van der Waals surface area contributed by atoms with Crippen LogP contribution >= 0.6 is 0 Å². The highest BCUT2D eigenvalue weighted by atomic mass is 19.1. The summed E-state index contributed by atoms with van der Waals surface area (Å²) in [5.74, 6) is -0.696. The zero-order chi connectivity index (χ0) is 12.0. The third kappa shape index (κ3) is 3.89. The number of benzene rings is 1. The van der Waals surface area contributed by atoms with Crippen molar-refractivity contribution in [2.45, 2.75) is 32.6 Å². The SMILES string of the molecule is CCCCCC[NH+](C)c1cc(F)ccc1F. The van der Waals surface area contributed by atoms with Crippen LogP contribution in [0.15, 0.2) is 18.2 Å². The van der Waals surface area contributed by atoms with E-state index in [2.05, 4.69) is 6.92 Å². The lowest BCUT2D eigenvalue weighted by Gasteiger charge is -2.13. The Morgan fingerprint density at radius 1 is 1.12 bits per heavy atom. The monoisotopic (exact) mass is 228 g/mol. The molecule has 0 amide bonds. The average molecular weight is 228 g/mol. The smallest absolute Gasteiger partial charge is 0.183 e. The Morgan fingerprint density at radius 2 is 1.88 bits per heavy atom. The van der Waals surface area contributed by atoms with E-state index in [0.717, 1.165) is 30.4 Å². The van der Waals surface area contributed by atoms with Gasteiger partial charge in [-0.05, 0) is 25.0 Å². The molecule has 1 aromatic rings. The highest BCUT2D eigenvalue weighted by Gasteiger charge is 2.13. The first-order chi connectivity index (χ1) is 7.65. The van der Waals surface area contributed by atoms with E-state index in [0.29, 0.717) is 5.69 Å². The van der Waals surface area contributed by atoms with E-state index in [1.807, 2.05) is 7.05 Å². The minimum atomic E-state index is -0.371. The number of rotatable bonds is 6. The summed E-state index contributed by atoms with van der Waals surface area (Å²) in [4.78, 5) is 0.938. The van der Waals surface area contributed by atoms with Gasteiger partial charge >= 0.3 is 0 Å². The van der Waals surface area contributed by atoms with Crippen LogP contribution in [0.2, 0.25) is 0 Å². The fourth-order valence-electron chi connectivity index (χ4n) is 1.78. The molecule has 1 rings (SSSR count). The van der Waals surface area contributed by atoms with Gasteiger partial charge in [0.05, 0.1) is 13.6 Å². The lowest BCUT2D eigenvalue weighted by atomic mass is 10.2. The molecule has 0 aliphatic carbocycles. The second kappa shape index (κ2) is 6.59. The molecule has 1 unspecified atom stereocenters. The zero-order valence-corrected chi connectivity index (χ0v) is 10.0. The van der Waals surface area contributed by atoms with Crippen LogP contribution in [0.4, 0.5) is 14.5 Å². The Labute approximate surface area is 96.1 Å². The van der Waals surface area contributed by atoms with Crippen molar-refractivity contribution >= 4 is 5.69 Å². The van der Waals surface area contributed by atoms with Gasteiger partial charge in [-0.3, -0.25) is 0 Å². The molecule has 1 N–H and O–H groups in total. The van der Waals surface area contributed by atoms with Crippen LogP contribution < -0.4 is 4.90 Å². The number of nitrogens with one attached hydrogen (secondary N) is 1. The molecule has 0 aliphatic rings. The van der Waals surface area contributed by atoms with Crippen LogP contribution in [0, 0.1) is 11.6 Å². The van der Waals surface area contributed by atoms with Gasteiger partial charge in [-0.25, -0.2) is 8.78 Å². The molecule has 0 aliphatic heterocycles. The Balaban J connectivity index is 2.51. The number of halogens is 2. The molecular weight excluding hydrogens is 208 g/mol. The van der Waals surface area contributed by atoms with Gasteiger partial charge in [0.15, 0.2) is 11.5 Å². The Kier molecular flexibility index (Phi) is 5.39. The molecule has 16 heavy (non-hydrogen) atoms. The van der Waals surface area contributed by atoms with Gasteiger partial charge in [0, 0.05) is 6.07 Å². The number of hydrogen-bond donors (Lipinski definition) is 1. The van der Waals surface area contributed by atoms with Crippen LogP contribution in [0.1, 0.15) is 32.6 Å². The Bertz CT molecular complexity index is 326. The maximum atomic E-state index is 13.4. The maximum Gasteiger partial charge on any atom is 0.183 e. The molecule has 0 aromatic heterocycles. The van der Waals surface area contributed by atoms with Crippen molar-refractivity contribution in [1.29, 1.82) is 0 Å². The lowest BCUT2D eigenvalue weighted by Crippen LogP contribution is -3.04. The van der Waals surface area contributed by atoms with E-state index in [4.69, 9.17) is 0 Å². The predicted molar refractivity (Wildman–Crippen MR) is 61.9 cm³/mol. The Hall–Kier alpha value is -0.960. The van der Waals surface area contributed by atoms with Crippen molar-refractivity contribution < 1.29 is 13.7 Å². The van der Waals surface area contributed by atoms with Crippen molar-refractivity contribution in [1.82, 2.24) is 0 Å². The maximum absolute atomic E-state index is 13.4. The first-order valence-corrected chi connectivity index (χ1v) is 5.93. The summed E-state index contributed by atoms with van der Waals surface area (Å²) in [7, 11) is 1.88. The van der Waals surface area contributed by atoms with E-state index in [1.165, 1.54) is 25.0 Å². The Morgan fingerprint density at radius 3 is 2.56 bits per heavy atom.